The van der Waals surface area contributed by atoms with Crippen LogP contribution in [-0.2, 0) is 21.1 Å². The largest absolute Gasteiger partial charge is 0.304 e. The molecule has 0 unspecified atom stereocenters. The molecular formula is C25H23F2N3O3S. The van der Waals surface area contributed by atoms with Crippen LogP contribution in [-0.4, -0.2) is 32.5 Å². The predicted molar refractivity (Wildman–Crippen MR) is 120 cm³/mol. The second kappa shape index (κ2) is 9.25. The zero-order valence-corrected chi connectivity index (χ0v) is 19.3. The van der Waals surface area contributed by atoms with Gasteiger partial charge >= 0.3 is 0 Å². The molecule has 2 bridgehead atoms. The van der Waals surface area contributed by atoms with E-state index in [-0.39, 0.29) is 57.7 Å². The molecule has 9 heteroatoms. The summed E-state index contributed by atoms with van der Waals surface area (Å²) in [4.78, 5) is 12.4. The van der Waals surface area contributed by atoms with Crippen LogP contribution in [0.5, 0.6) is 0 Å². The average Bonchev–Trinajstić information content (AvgIpc) is 3.44. The molecule has 1 aliphatic heterocycles. The lowest BCUT2D eigenvalue weighted by Gasteiger charge is -2.22. The van der Waals surface area contributed by atoms with E-state index in [2.05, 4.69) is 5.32 Å². The first-order chi connectivity index (χ1) is 16.1. The lowest BCUT2D eigenvalue weighted by atomic mass is 9.88. The van der Waals surface area contributed by atoms with E-state index in [1.165, 1.54) is 24.3 Å². The van der Waals surface area contributed by atoms with Crippen molar-refractivity contribution < 1.29 is 22.0 Å². The molecule has 34 heavy (non-hydrogen) atoms. The number of hydrogen-bond acceptors (Lipinski definition) is 6. The number of piperidine rings is 1. The molecule has 176 valence electrons. The molecule has 1 N–H and O–H groups in total. The number of rotatable bonds is 7. The molecule has 1 saturated heterocycles. The third-order valence-corrected chi connectivity index (χ3v) is 7.91. The molecule has 4 rings (SSSR count). The summed E-state index contributed by atoms with van der Waals surface area (Å²) < 4.78 is 53.9. The van der Waals surface area contributed by atoms with E-state index in [1.807, 2.05) is 6.07 Å². The van der Waals surface area contributed by atoms with Crippen molar-refractivity contribution in [2.45, 2.75) is 49.1 Å². The lowest BCUT2D eigenvalue weighted by molar-refractivity contribution is -0.122. The maximum absolute atomic E-state index is 15.0. The summed E-state index contributed by atoms with van der Waals surface area (Å²) in [5, 5.41) is 22.0. The maximum Gasteiger partial charge on any atom is 0.176 e. The number of carbonyl (C=O) groups excluding carboxylic acids is 1. The van der Waals surface area contributed by atoms with Crippen molar-refractivity contribution in [3.63, 3.8) is 0 Å². The third kappa shape index (κ3) is 4.59. The summed E-state index contributed by atoms with van der Waals surface area (Å²) in [5.41, 5.74) is -0.170. The topological polar surface area (TPSA) is 111 Å². The van der Waals surface area contributed by atoms with Gasteiger partial charge in [-0.3, -0.25) is 4.79 Å². The molecule has 0 spiro atoms. The van der Waals surface area contributed by atoms with Crippen LogP contribution in [0.3, 0.4) is 0 Å². The van der Waals surface area contributed by atoms with Gasteiger partial charge in [-0.15, -0.1) is 0 Å². The van der Waals surface area contributed by atoms with Gasteiger partial charge in [-0.2, -0.15) is 10.5 Å². The predicted octanol–water partition coefficient (Wildman–Crippen LogP) is 3.69. The van der Waals surface area contributed by atoms with Gasteiger partial charge in [0.15, 0.2) is 27.3 Å². The molecule has 6 nitrogen and oxygen atoms in total. The van der Waals surface area contributed by atoms with Crippen LogP contribution in [0.1, 0.15) is 36.8 Å². The molecule has 1 aliphatic carbocycles. The van der Waals surface area contributed by atoms with E-state index in [1.54, 1.807) is 6.07 Å². The molecule has 4 atom stereocenters. The van der Waals surface area contributed by atoms with Crippen LogP contribution < -0.4 is 5.32 Å². The Bertz CT molecular complexity index is 1340. The molecule has 1 heterocycles. The summed E-state index contributed by atoms with van der Waals surface area (Å²) in [6.45, 7) is 0. The molecule has 0 radical (unpaired) electrons. The molecule has 2 aliphatic rings. The number of ketones is 1. The summed E-state index contributed by atoms with van der Waals surface area (Å²) in [5.74, 6) is -2.90. The average molecular weight is 484 g/mol. The van der Waals surface area contributed by atoms with Crippen molar-refractivity contribution in [1.29, 1.82) is 10.5 Å². The fourth-order valence-corrected chi connectivity index (χ4v) is 5.93. The highest BCUT2D eigenvalue weighted by Crippen LogP contribution is 2.36. The van der Waals surface area contributed by atoms with E-state index < -0.39 is 27.4 Å². The Morgan fingerprint density at radius 2 is 1.94 bits per heavy atom. The number of nitrogens with one attached hydrogen (secondary N) is 1. The quantitative estimate of drug-likeness (QED) is 0.643. The second-order valence-corrected chi connectivity index (χ2v) is 11.1. The fraction of sp³-hybridized carbons (Fsp3) is 0.400. The minimum Gasteiger partial charge on any atom is -0.304 e. The number of hydrogen-bond donors (Lipinski definition) is 1. The van der Waals surface area contributed by atoms with Gasteiger partial charge in [0.2, 0.25) is 0 Å². The van der Waals surface area contributed by atoms with Crippen LogP contribution in [0, 0.1) is 46.1 Å². The number of nitrogens with zero attached hydrogens (tertiary/aromatic N) is 2. The van der Waals surface area contributed by atoms with Crippen molar-refractivity contribution in [2.75, 3.05) is 6.26 Å². The molecule has 1 saturated carbocycles. The summed E-state index contributed by atoms with van der Waals surface area (Å²) in [6.07, 6.45) is 3.79. The minimum atomic E-state index is -3.76. The van der Waals surface area contributed by atoms with Crippen molar-refractivity contribution >= 4 is 15.6 Å². The Hall–Kier alpha value is -3.14. The zero-order valence-electron chi connectivity index (χ0n) is 18.5. The van der Waals surface area contributed by atoms with Crippen LogP contribution in [0.2, 0.25) is 0 Å². The number of fused-ring (bicyclic) bond motifs is 2. The lowest BCUT2D eigenvalue weighted by Crippen LogP contribution is -2.42. The van der Waals surface area contributed by atoms with Gasteiger partial charge in [0, 0.05) is 24.3 Å². The van der Waals surface area contributed by atoms with Crippen molar-refractivity contribution in [3.8, 4) is 23.3 Å². The molecule has 2 aromatic rings. The van der Waals surface area contributed by atoms with E-state index in [4.69, 9.17) is 5.26 Å². The Kier molecular flexibility index (Phi) is 6.53. The first-order valence-corrected chi connectivity index (χ1v) is 12.9. The minimum absolute atomic E-state index is 0.0292. The highest BCUT2D eigenvalue weighted by molar-refractivity contribution is 7.90. The van der Waals surface area contributed by atoms with E-state index >= 15 is 0 Å². The van der Waals surface area contributed by atoms with Gasteiger partial charge in [0.25, 0.3) is 0 Å². The van der Waals surface area contributed by atoms with Gasteiger partial charge < -0.3 is 5.32 Å². The van der Waals surface area contributed by atoms with Gasteiger partial charge in [-0.1, -0.05) is 18.2 Å². The Morgan fingerprint density at radius 1 is 1.18 bits per heavy atom. The summed E-state index contributed by atoms with van der Waals surface area (Å²) >= 11 is 0. The molecule has 0 amide bonds. The Morgan fingerprint density at radius 3 is 2.53 bits per heavy atom. The van der Waals surface area contributed by atoms with Crippen molar-refractivity contribution in [1.82, 2.24) is 5.32 Å². The van der Waals surface area contributed by atoms with Gasteiger partial charge in [0.05, 0.1) is 28.5 Å². The first-order valence-electron chi connectivity index (χ1n) is 11.0. The van der Waals surface area contributed by atoms with Gasteiger partial charge in [-0.05, 0) is 54.9 Å². The molecule has 2 fully saturated rings. The van der Waals surface area contributed by atoms with E-state index in [0.717, 1.165) is 31.6 Å². The van der Waals surface area contributed by atoms with Crippen molar-refractivity contribution in [3.05, 3.63) is 53.1 Å². The monoisotopic (exact) mass is 483 g/mol. The standard InChI is InChI=1S/C25H23F2N3O3S/c1-34(32,33)22-11-15(2-3-18(22)13-29)20-7-5-16(23(26)24(20)27)8-14(12-28)9-21(31)25-17-4-6-19(10-17)30-25/h2-3,5,7,11,14,17,19,25,30H,4,6,8-10H2,1H3/t14-,17+,19-,25+/m1/s1. The number of sulfone groups is 1. The first kappa shape index (κ1) is 24.0. The third-order valence-electron chi connectivity index (χ3n) is 6.78. The van der Waals surface area contributed by atoms with Crippen LogP contribution in [0.25, 0.3) is 11.1 Å². The molecule has 0 aromatic heterocycles. The highest BCUT2D eigenvalue weighted by atomic mass is 32.2. The zero-order chi connectivity index (χ0) is 24.6. The fourth-order valence-electron chi connectivity index (χ4n) is 5.07. The maximum atomic E-state index is 15.0. The number of benzene rings is 2. The van der Waals surface area contributed by atoms with Crippen LogP contribution in [0.4, 0.5) is 8.78 Å². The Balaban J connectivity index is 1.55. The summed E-state index contributed by atoms with van der Waals surface area (Å²) in [7, 11) is -3.76. The van der Waals surface area contributed by atoms with Crippen LogP contribution >= 0.6 is 0 Å². The van der Waals surface area contributed by atoms with Crippen LogP contribution in [0.15, 0.2) is 35.2 Å². The molecular weight excluding hydrogens is 460 g/mol. The SMILES string of the molecule is CS(=O)(=O)c1cc(-c2ccc(C[C@@H](C#N)CC(=O)[C@H]3N[C@@H]4CC[C@H]3C4)c(F)c2F)ccc1C#N. The van der Waals surface area contributed by atoms with Gasteiger partial charge in [0.1, 0.15) is 6.07 Å². The van der Waals surface area contributed by atoms with E-state index in [9.17, 15) is 27.3 Å². The number of halogens is 2. The number of Topliss-reactive ketones (excluding diaryl/α,β-unsaturated/α-hetero) is 1. The second-order valence-electron chi connectivity index (χ2n) is 9.11. The highest BCUT2D eigenvalue weighted by Gasteiger charge is 2.42. The normalized spacial score (nSPS) is 22.2. The number of carbonyl (C=O) groups is 1. The number of nitriles is 2. The van der Waals surface area contributed by atoms with Crippen molar-refractivity contribution in [2.24, 2.45) is 11.8 Å². The van der Waals surface area contributed by atoms with E-state index in [0.29, 0.717) is 6.04 Å². The molecule has 2 aromatic carbocycles. The smallest absolute Gasteiger partial charge is 0.176 e. The van der Waals surface area contributed by atoms with Gasteiger partial charge in [-0.25, -0.2) is 17.2 Å². The summed E-state index contributed by atoms with van der Waals surface area (Å²) in [6, 6.07) is 10.3. The Labute approximate surface area is 197 Å².